The number of hydrogen-bond donors (Lipinski definition) is 1. The number of carbonyl (C=O) groups excluding carboxylic acids is 1. The summed E-state index contributed by atoms with van der Waals surface area (Å²) in [5.41, 5.74) is 0. The molecule has 1 atom stereocenters. The summed E-state index contributed by atoms with van der Waals surface area (Å²) >= 11 is 0. The van der Waals surface area contributed by atoms with Crippen LogP contribution >= 0.6 is 0 Å². The lowest BCUT2D eigenvalue weighted by Gasteiger charge is -2.02. The minimum absolute atomic E-state index is 0.104. The van der Waals surface area contributed by atoms with Crippen molar-refractivity contribution in [1.82, 2.24) is 5.32 Å². The normalized spacial score (nSPS) is 29.0. The third-order valence-electron chi connectivity index (χ3n) is 1.49. The van der Waals surface area contributed by atoms with Gasteiger partial charge in [-0.3, -0.25) is 4.79 Å². The molecule has 0 aromatic heterocycles. The molecule has 0 saturated carbocycles. The molecule has 0 unspecified atom stereocenters. The maximum Gasteiger partial charge on any atom is 0.224 e. The Bertz CT molecular complexity index is 114. The van der Waals surface area contributed by atoms with Gasteiger partial charge >= 0.3 is 0 Å². The first-order valence-corrected chi connectivity index (χ1v) is 3.16. The molecule has 9 heavy (non-hydrogen) atoms. The van der Waals surface area contributed by atoms with Gasteiger partial charge in [-0.05, 0) is 6.42 Å². The van der Waals surface area contributed by atoms with Crippen LogP contribution in [0, 0.1) is 5.92 Å². The number of rotatable bonds is 0. The Labute approximate surface area is 54.4 Å². The summed E-state index contributed by atoms with van der Waals surface area (Å²) in [4.78, 5) is 10.8. The predicted octanol–water partition coefficient (Wildman–Crippen LogP) is 0.116. The lowest BCUT2D eigenvalue weighted by molar-refractivity contribution is -0.124. The highest BCUT2D eigenvalue weighted by Gasteiger charge is 2.14. The zero-order valence-electron chi connectivity index (χ0n) is 5.52. The quantitative estimate of drug-likeness (QED) is 0.504. The first kappa shape index (κ1) is 6.55. The van der Waals surface area contributed by atoms with Crippen molar-refractivity contribution in [2.45, 2.75) is 13.3 Å². The van der Waals surface area contributed by atoms with E-state index in [4.69, 9.17) is 4.74 Å². The monoisotopic (exact) mass is 129 g/mol. The molecule has 52 valence electrons. The largest absolute Gasteiger partial charge is 0.361 e. The molecule has 1 heterocycles. The van der Waals surface area contributed by atoms with Crippen molar-refractivity contribution in [3.63, 3.8) is 0 Å². The van der Waals surface area contributed by atoms with Crippen LogP contribution in [-0.2, 0) is 9.53 Å². The number of hydrogen-bond acceptors (Lipinski definition) is 2. The smallest absolute Gasteiger partial charge is 0.224 e. The Morgan fingerprint density at radius 3 is 3.33 bits per heavy atom. The van der Waals surface area contributed by atoms with Gasteiger partial charge in [0.1, 0.15) is 6.73 Å². The van der Waals surface area contributed by atoms with Gasteiger partial charge in [0.05, 0.1) is 0 Å². The predicted molar refractivity (Wildman–Crippen MR) is 32.7 cm³/mol. The van der Waals surface area contributed by atoms with Crippen molar-refractivity contribution in [2.24, 2.45) is 5.92 Å². The van der Waals surface area contributed by atoms with E-state index in [0.717, 1.165) is 6.42 Å². The van der Waals surface area contributed by atoms with E-state index in [0.29, 0.717) is 13.3 Å². The molecule has 1 aliphatic heterocycles. The van der Waals surface area contributed by atoms with E-state index < -0.39 is 0 Å². The number of ether oxygens (including phenoxy) is 1. The van der Waals surface area contributed by atoms with Crippen LogP contribution in [0.2, 0.25) is 0 Å². The minimum Gasteiger partial charge on any atom is -0.361 e. The fourth-order valence-corrected chi connectivity index (χ4v) is 0.760. The van der Waals surface area contributed by atoms with Crippen molar-refractivity contribution in [3.05, 3.63) is 0 Å². The summed E-state index contributed by atoms with van der Waals surface area (Å²) in [5.74, 6) is 0.222. The standard InChI is InChI=1S/C6H11NO2/c1-5-2-3-9-4-7-6(5)8/h5H,2-4H2,1H3,(H,7,8)/t5-/m0/s1. The molecule has 0 bridgehead atoms. The van der Waals surface area contributed by atoms with E-state index in [1.165, 1.54) is 0 Å². The van der Waals surface area contributed by atoms with Crippen molar-refractivity contribution in [3.8, 4) is 0 Å². The number of amides is 1. The van der Waals surface area contributed by atoms with E-state index >= 15 is 0 Å². The zero-order chi connectivity index (χ0) is 6.69. The van der Waals surface area contributed by atoms with Crippen LogP contribution in [0.5, 0.6) is 0 Å². The molecular formula is C6H11NO2. The van der Waals surface area contributed by atoms with Gasteiger partial charge in [-0.1, -0.05) is 6.92 Å². The molecule has 0 aromatic carbocycles. The Hall–Kier alpha value is -0.570. The highest BCUT2D eigenvalue weighted by molar-refractivity contribution is 5.78. The molecular weight excluding hydrogens is 118 g/mol. The molecule has 1 rings (SSSR count). The van der Waals surface area contributed by atoms with E-state index in [1.54, 1.807) is 0 Å². The molecule has 1 amide bonds. The Morgan fingerprint density at radius 2 is 2.56 bits per heavy atom. The second-order valence-electron chi connectivity index (χ2n) is 2.28. The molecule has 1 fully saturated rings. The third kappa shape index (κ3) is 1.68. The van der Waals surface area contributed by atoms with Crippen LogP contribution < -0.4 is 5.32 Å². The zero-order valence-corrected chi connectivity index (χ0v) is 5.52. The Morgan fingerprint density at radius 1 is 1.78 bits per heavy atom. The van der Waals surface area contributed by atoms with Crippen molar-refractivity contribution < 1.29 is 9.53 Å². The maximum atomic E-state index is 10.8. The summed E-state index contributed by atoms with van der Waals surface area (Å²) in [6.07, 6.45) is 0.839. The average molecular weight is 129 g/mol. The Balaban J connectivity index is 2.41. The molecule has 0 radical (unpaired) electrons. The summed E-state index contributed by atoms with van der Waals surface area (Å²) < 4.78 is 5.00. The van der Waals surface area contributed by atoms with Gasteiger partial charge in [0.15, 0.2) is 0 Å². The summed E-state index contributed by atoms with van der Waals surface area (Å²) in [7, 11) is 0. The molecule has 0 spiro atoms. The third-order valence-corrected chi connectivity index (χ3v) is 1.49. The van der Waals surface area contributed by atoms with Crippen molar-refractivity contribution in [2.75, 3.05) is 13.3 Å². The van der Waals surface area contributed by atoms with Gasteiger partial charge in [0, 0.05) is 12.5 Å². The van der Waals surface area contributed by atoms with E-state index in [2.05, 4.69) is 5.32 Å². The van der Waals surface area contributed by atoms with Gasteiger partial charge in [-0.15, -0.1) is 0 Å². The fourth-order valence-electron chi connectivity index (χ4n) is 0.760. The minimum atomic E-state index is 0.104. The summed E-state index contributed by atoms with van der Waals surface area (Å²) in [6, 6.07) is 0. The molecule has 1 aliphatic rings. The molecule has 1 N–H and O–H groups in total. The number of carbonyl (C=O) groups is 1. The van der Waals surface area contributed by atoms with Crippen LogP contribution in [0.25, 0.3) is 0 Å². The van der Waals surface area contributed by atoms with E-state index in [9.17, 15) is 4.79 Å². The SMILES string of the molecule is C[C@H]1CCOCNC1=O. The lowest BCUT2D eigenvalue weighted by atomic mass is 10.1. The summed E-state index contributed by atoms with van der Waals surface area (Å²) in [6.45, 7) is 2.98. The second kappa shape index (κ2) is 2.82. The lowest BCUT2D eigenvalue weighted by Crippen LogP contribution is -2.27. The highest BCUT2D eigenvalue weighted by atomic mass is 16.5. The highest BCUT2D eigenvalue weighted by Crippen LogP contribution is 2.03. The van der Waals surface area contributed by atoms with Gasteiger partial charge in [0.2, 0.25) is 5.91 Å². The molecule has 3 heteroatoms. The fraction of sp³-hybridized carbons (Fsp3) is 0.833. The van der Waals surface area contributed by atoms with Crippen LogP contribution in [0.3, 0.4) is 0 Å². The van der Waals surface area contributed by atoms with Crippen molar-refractivity contribution in [1.29, 1.82) is 0 Å². The van der Waals surface area contributed by atoms with E-state index in [-0.39, 0.29) is 11.8 Å². The van der Waals surface area contributed by atoms with Gasteiger partial charge in [-0.25, -0.2) is 0 Å². The van der Waals surface area contributed by atoms with Gasteiger partial charge < -0.3 is 10.1 Å². The topological polar surface area (TPSA) is 38.3 Å². The number of nitrogens with one attached hydrogen (secondary N) is 1. The Kier molecular flexibility index (Phi) is 2.05. The summed E-state index contributed by atoms with van der Waals surface area (Å²) in [5, 5.41) is 2.63. The average Bonchev–Trinajstić information content (AvgIpc) is 1.99. The first-order valence-electron chi connectivity index (χ1n) is 3.16. The van der Waals surface area contributed by atoms with Gasteiger partial charge in [-0.2, -0.15) is 0 Å². The molecule has 1 saturated heterocycles. The second-order valence-corrected chi connectivity index (χ2v) is 2.28. The van der Waals surface area contributed by atoms with Crippen LogP contribution in [0.15, 0.2) is 0 Å². The molecule has 0 aromatic rings. The van der Waals surface area contributed by atoms with Crippen LogP contribution in [-0.4, -0.2) is 19.2 Å². The van der Waals surface area contributed by atoms with Crippen molar-refractivity contribution >= 4 is 5.91 Å². The first-order chi connectivity index (χ1) is 4.30. The molecule has 3 nitrogen and oxygen atoms in total. The van der Waals surface area contributed by atoms with E-state index in [1.807, 2.05) is 6.92 Å². The van der Waals surface area contributed by atoms with Crippen LogP contribution in [0.4, 0.5) is 0 Å². The van der Waals surface area contributed by atoms with Crippen LogP contribution in [0.1, 0.15) is 13.3 Å². The van der Waals surface area contributed by atoms with Gasteiger partial charge in [0.25, 0.3) is 0 Å². The molecule has 0 aliphatic carbocycles. The maximum absolute atomic E-state index is 10.8.